The van der Waals surface area contributed by atoms with Crippen LogP contribution in [0.3, 0.4) is 0 Å². The van der Waals surface area contributed by atoms with E-state index in [1.807, 2.05) is 30.6 Å². The summed E-state index contributed by atoms with van der Waals surface area (Å²) in [6.07, 6.45) is 5.95. The standard InChI is InChI=1S/C19H20N2O/c1-14(22-2)7-9-17-10-8-16(13-21-17)19-18-6-4-3-5-15(18)11-12-20-19/h3-6,8,10-14H,7,9H2,1-2H3. The Morgan fingerprint density at radius 2 is 1.91 bits per heavy atom. The molecular weight excluding hydrogens is 272 g/mol. The fourth-order valence-corrected chi connectivity index (χ4v) is 2.53. The quantitative estimate of drug-likeness (QED) is 0.704. The molecular formula is C19H20N2O. The van der Waals surface area contributed by atoms with Gasteiger partial charge in [0.2, 0.25) is 0 Å². The van der Waals surface area contributed by atoms with Gasteiger partial charge in [-0.2, -0.15) is 0 Å². The summed E-state index contributed by atoms with van der Waals surface area (Å²) in [5, 5.41) is 2.36. The molecule has 3 aromatic rings. The van der Waals surface area contributed by atoms with Crippen molar-refractivity contribution in [1.29, 1.82) is 0 Å². The Morgan fingerprint density at radius 3 is 2.68 bits per heavy atom. The molecule has 1 atom stereocenters. The molecule has 0 N–H and O–H groups in total. The summed E-state index contributed by atoms with van der Waals surface area (Å²) in [6, 6.07) is 14.5. The van der Waals surface area contributed by atoms with E-state index < -0.39 is 0 Å². The summed E-state index contributed by atoms with van der Waals surface area (Å²) < 4.78 is 5.28. The fourth-order valence-electron chi connectivity index (χ4n) is 2.53. The maximum Gasteiger partial charge on any atom is 0.0795 e. The lowest BCUT2D eigenvalue weighted by atomic mass is 10.0. The number of nitrogens with zero attached hydrogens (tertiary/aromatic N) is 2. The predicted molar refractivity (Wildman–Crippen MR) is 89.8 cm³/mol. The minimum atomic E-state index is 0.265. The molecule has 0 saturated carbocycles. The number of hydrogen-bond donors (Lipinski definition) is 0. The number of hydrogen-bond acceptors (Lipinski definition) is 3. The van der Waals surface area contributed by atoms with Crippen LogP contribution in [-0.2, 0) is 11.2 Å². The summed E-state index contributed by atoms with van der Waals surface area (Å²) in [5.74, 6) is 0. The molecule has 0 radical (unpaired) electrons. The molecule has 3 heteroatoms. The molecule has 0 saturated heterocycles. The van der Waals surface area contributed by atoms with Crippen LogP contribution in [-0.4, -0.2) is 23.2 Å². The molecule has 0 spiro atoms. The molecule has 0 bridgehead atoms. The molecule has 1 aromatic carbocycles. The van der Waals surface area contributed by atoms with Crippen molar-refractivity contribution in [2.24, 2.45) is 0 Å². The van der Waals surface area contributed by atoms with Crippen molar-refractivity contribution in [3.63, 3.8) is 0 Å². The minimum Gasteiger partial charge on any atom is -0.382 e. The largest absolute Gasteiger partial charge is 0.382 e. The van der Waals surface area contributed by atoms with Crippen molar-refractivity contribution in [1.82, 2.24) is 9.97 Å². The first-order chi connectivity index (χ1) is 10.8. The van der Waals surface area contributed by atoms with E-state index >= 15 is 0 Å². The van der Waals surface area contributed by atoms with Crippen LogP contribution in [0.2, 0.25) is 0 Å². The Morgan fingerprint density at radius 1 is 1.05 bits per heavy atom. The van der Waals surface area contributed by atoms with Gasteiger partial charge in [0.05, 0.1) is 11.8 Å². The molecule has 112 valence electrons. The lowest BCUT2D eigenvalue weighted by Crippen LogP contribution is -2.06. The van der Waals surface area contributed by atoms with Gasteiger partial charge in [-0.15, -0.1) is 0 Å². The third kappa shape index (κ3) is 3.15. The van der Waals surface area contributed by atoms with Gasteiger partial charge in [0, 0.05) is 36.1 Å². The zero-order valence-corrected chi connectivity index (χ0v) is 13.0. The van der Waals surface area contributed by atoms with Gasteiger partial charge >= 0.3 is 0 Å². The lowest BCUT2D eigenvalue weighted by Gasteiger charge is -2.09. The van der Waals surface area contributed by atoms with Gasteiger partial charge in [-0.3, -0.25) is 9.97 Å². The molecule has 1 unspecified atom stereocenters. The van der Waals surface area contributed by atoms with Crippen LogP contribution in [0.15, 0.2) is 54.9 Å². The third-order valence-electron chi connectivity index (χ3n) is 3.98. The smallest absolute Gasteiger partial charge is 0.0795 e. The van der Waals surface area contributed by atoms with Crippen LogP contribution < -0.4 is 0 Å². The first kappa shape index (κ1) is 14.7. The lowest BCUT2D eigenvalue weighted by molar-refractivity contribution is 0.111. The van der Waals surface area contributed by atoms with Crippen molar-refractivity contribution in [3.8, 4) is 11.3 Å². The third-order valence-corrected chi connectivity index (χ3v) is 3.98. The summed E-state index contributed by atoms with van der Waals surface area (Å²) in [5.41, 5.74) is 3.13. The van der Waals surface area contributed by atoms with Crippen molar-refractivity contribution in [2.75, 3.05) is 7.11 Å². The number of aryl methyl sites for hydroxylation is 1. The van der Waals surface area contributed by atoms with Crippen molar-refractivity contribution >= 4 is 10.8 Å². The van der Waals surface area contributed by atoms with Crippen LogP contribution >= 0.6 is 0 Å². The highest BCUT2D eigenvalue weighted by Crippen LogP contribution is 2.25. The molecule has 2 aromatic heterocycles. The zero-order valence-electron chi connectivity index (χ0n) is 13.0. The molecule has 0 aliphatic carbocycles. The number of aromatic nitrogens is 2. The van der Waals surface area contributed by atoms with E-state index in [9.17, 15) is 0 Å². The van der Waals surface area contributed by atoms with Crippen molar-refractivity contribution in [3.05, 3.63) is 60.6 Å². The van der Waals surface area contributed by atoms with E-state index in [1.165, 1.54) is 5.39 Å². The average molecular weight is 292 g/mol. The van der Waals surface area contributed by atoms with Gasteiger partial charge in [0.15, 0.2) is 0 Å². The molecule has 3 rings (SSSR count). The van der Waals surface area contributed by atoms with Crippen molar-refractivity contribution in [2.45, 2.75) is 25.9 Å². The number of fused-ring (bicyclic) bond motifs is 1. The van der Waals surface area contributed by atoms with Gasteiger partial charge in [0.1, 0.15) is 0 Å². The van der Waals surface area contributed by atoms with Crippen LogP contribution in [0.5, 0.6) is 0 Å². The van der Waals surface area contributed by atoms with Gasteiger partial charge in [-0.1, -0.05) is 24.3 Å². The molecule has 3 nitrogen and oxygen atoms in total. The van der Waals surface area contributed by atoms with Crippen LogP contribution in [0, 0.1) is 0 Å². The molecule has 0 aliphatic heterocycles. The van der Waals surface area contributed by atoms with E-state index in [2.05, 4.69) is 41.2 Å². The highest BCUT2D eigenvalue weighted by Gasteiger charge is 2.06. The van der Waals surface area contributed by atoms with E-state index in [-0.39, 0.29) is 6.10 Å². The molecule has 0 fully saturated rings. The molecule has 0 amide bonds. The number of benzene rings is 1. The number of rotatable bonds is 5. The first-order valence-corrected chi connectivity index (χ1v) is 7.60. The number of pyridine rings is 2. The van der Waals surface area contributed by atoms with E-state index in [4.69, 9.17) is 4.74 Å². The average Bonchev–Trinajstić information content (AvgIpc) is 2.59. The van der Waals surface area contributed by atoms with Gasteiger partial charge in [0.25, 0.3) is 0 Å². The number of methoxy groups -OCH3 is 1. The maximum absolute atomic E-state index is 5.28. The second kappa shape index (κ2) is 6.67. The topological polar surface area (TPSA) is 35.0 Å². The first-order valence-electron chi connectivity index (χ1n) is 7.60. The van der Waals surface area contributed by atoms with E-state index in [0.717, 1.165) is 35.2 Å². The highest BCUT2D eigenvalue weighted by molar-refractivity contribution is 5.94. The monoisotopic (exact) mass is 292 g/mol. The Hall–Kier alpha value is -2.26. The normalized spacial score (nSPS) is 12.5. The second-order valence-electron chi connectivity index (χ2n) is 5.50. The summed E-state index contributed by atoms with van der Waals surface area (Å²) in [6.45, 7) is 2.08. The SMILES string of the molecule is COC(C)CCc1ccc(-c2nccc3ccccc23)cn1. The molecule has 2 heterocycles. The second-order valence-corrected chi connectivity index (χ2v) is 5.50. The fraction of sp³-hybridized carbons (Fsp3) is 0.263. The Bertz CT molecular complexity index is 747. The van der Waals surface area contributed by atoms with E-state index in [1.54, 1.807) is 7.11 Å². The van der Waals surface area contributed by atoms with Crippen LogP contribution in [0.4, 0.5) is 0 Å². The number of ether oxygens (including phenoxy) is 1. The zero-order chi connectivity index (χ0) is 15.4. The molecule has 0 aliphatic rings. The summed E-state index contributed by atoms with van der Waals surface area (Å²) >= 11 is 0. The maximum atomic E-state index is 5.28. The van der Waals surface area contributed by atoms with Gasteiger partial charge in [-0.05, 0) is 43.4 Å². The van der Waals surface area contributed by atoms with Gasteiger partial charge < -0.3 is 4.74 Å². The van der Waals surface area contributed by atoms with Gasteiger partial charge in [-0.25, -0.2) is 0 Å². The predicted octanol–water partition coefficient (Wildman–Crippen LogP) is 4.26. The van der Waals surface area contributed by atoms with E-state index in [0.29, 0.717) is 0 Å². The summed E-state index contributed by atoms with van der Waals surface area (Å²) in [7, 11) is 1.74. The Labute approximate surface area is 131 Å². The molecule has 22 heavy (non-hydrogen) atoms. The Balaban J connectivity index is 1.86. The van der Waals surface area contributed by atoms with Crippen LogP contribution in [0.1, 0.15) is 19.0 Å². The summed E-state index contributed by atoms with van der Waals surface area (Å²) in [4.78, 5) is 9.11. The van der Waals surface area contributed by atoms with Crippen molar-refractivity contribution < 1.29 is 4.74 Å². The Kier molecular flexibility index (Phi) is 4.45. The van der Waals surface area contributed by atoms with Crippen LogP contribution in [0.25, 0.3) is 22.0 Å². The highest BCUT2D eigenvalue weighted by atomic mass is 16.5. The minimum absolute atomic E-state index is 0.265.